The molecule has 0 fully saturated rings. The van der Waals surface area contributed by atoms with E-state index in [1.165, 1.54) is 6.07 Å². The van der Waals surface area contributed by atoms with Crippen molar-refractivity contribution >= 4 is 17.5 Å². The van der Waals surface area contributed by atoms with Crippen molar-refractivity contribution in [2.75, 3.05) is 17.7 Å². The Balaban J connectivity index is 1.97. The molecule has 23 heavy (non-hydrogen) atoms. The molecule has 0 aliphatic carbocycles. The van der Waals surface area contributed by atoms with E-state index in [9.17, 15) is 8.78 Å². The standard InChI is InChI=1S/C16H13F2N5/c1-19-16-22-14(13-4-2-3-7-20-13)9-15(23-16)21-10-5-6-11(17)12(18)8-10/h2-9H,1H3,(H2,19,21,22,23). The monoisotopic (exact) mass is 313 g/mol. The second-order valence-electron chi connectivity index (χ2n) is 4.68. The predicted octanol–water partition coefficient (Wildman–Crippen LogP) is 3.60. The van der Waals surface area contributed by atoms with E-state index < -0.39 is 11.6 Å². The molecule has 0 bridgehead atoms. The van der Waals surface area contributed by atoms with Crippen molar-refractivity contribution in [1.82, 2.24) is 15.0 Å². The zero-order chi connectivity index (χ0) is 16.2. The van der Waals surface area contributed by atoms with Gasteiger partial charge in [-0.05, 0) is 24.3 Å². The highest BCUT2D eigenvalue weighted by atomic mass is 19.2. The third-order valence-corrected chi connectivity index (χ3v) is 3.07. The summed E-state index contributed by atoms with van der Waals surface area (Å²) in [6.45, 7) is 0. The largest absolute Gasteiger partial charge is 0.357 e. The molecule has 5 nitrogen and oxygen atoms in total. The molecule has 3 rings (SSSR count). The molecular formula is C16H13F2N5. The number of hydrogen-bond donors (Lipinski definition) is 2. The number of nitrogens with zero attached hydrogens (tertiary/aromatic N) is 3. The van der Waals surface area contributed by atoms with Gasteiger partial charge in [0.15, 0.2) is 11.6 Å². The first-order valence-electron chi connectivity index (χ1n) is 6.86. The second kappa shape index (κ2) is 6.35. The Morgan fingerprint density at radius 2 is 1.78 bits per heavy atom. The second-order valence-corrected chi connectivity index (χ2v) is 4.68. The Bertz CT molecular complexity index is 824. The van der Waals surface area contributed by atoms with Gasteiger partial charge in [0.2, 0.25) is 5.95 Å². The van der Waals surface area contributed by atoms with E-state index in [4.69, 9.17) is 0 Å². The van der Waals surface area contributed by atoms with Crippen LogP contribution in [0.15, 0.2) is 48.7 Å². The van der Waals surface area contributed by atoms with E-state index in [1.807, 2.05) is 18.2 Å². The van der Waals surface area contributed by atoms with E-state index in [0.717, 1.165) is 12.1 Å². The van der Waals surface area contributed by atoms with Gasteiger partial charge in [-0.15, -0.1) is 0 Å². The van der Waals surface area contributed by atoms with Crippen molar-refractivity contribution < 1.29 is 8.78 Å². The van der Waals surface area contributed by atoms with Crippen LogP contribution in [0, 0.1) is 11.6 Å². The predicted molar refractivity (Wildman–Crippen MR) is 84.5 cm³/mol. The van der Waals surface area contributed by atoms with E-state index in [1.54, 1.807) is 19.3 Å². The molecule has 0 radical (unpaired) electrons. The quantitative estimate of drug-likeness (QED) is 0.770. The van der Waals surface area contributed by atoms with Gasteiger partial charge in [-0.1, -0.05) is 6.07 Å². The summed E-state index contributed by atoms with van der Waals surface area (Å²) < 4.78 is 26.3. The molecular weight excluding hydrogens is 300 g/mol. The van der Waals surface area contributed by atoms with Crippen molar-refractivity contribution in [1.29, 1.82) is 0 Å². The van der Waals surface area contributed by atoms with Gasteiger partial charge in [0, 0.05) is 31.1 Å². The maximum Gasteiger partial charge on any atom is 0.225 e. The molecule has 1 aromatic carbocycles. The van der Waals surface area contributed by atoms with Gasteiger partial charge in [0.1, 0.15) is 5.82 Å². The van der Waals surface area contributed by atoms with Crippen LogP contribution in [0.25, 0.3) is 11.4 Å². The number of aromatic nitrogens is 3. The first kappa shape index (κ1) is 14.8. The fourth-order valence-electron chi connectivity index (χ4n) is 1.99. The third kappa shape index (κ3) is 3.39. The lowest BCUT2D eigenvalue weighted by Gasteiger charge is -2.10. The van der Waals surface area contributed by atoms with Crippen molar-refractivity contribution in [2.45, 2.75) is 0 Å². The highest BCUT2D eigenvalue weighted by Gasteiger charge is 2.08. The van der Waals surface area contributed by atoms with Crippen molar-refractivity contribution in [3.63, 3.8) is 0 Å². The van der Waals surface area contributed by atoms with Crippen LogP contribution in [-0.4, -0.2) is 22.0 Å². The first-order chi connectivity index (χ1) is 11.2. The van der Waals surface area contributed by atoms with Crippen LogP contribution in [0.3, 0.4) is 0 Å². The summed E-state index contributed by atoms with van der Waals surface area (Å²) in [4.78, 5) is 12.8. The summed E-state index contributed by atoms with van der Waals surface area (Å²) >= 11 is 0. The number of benzene rings is 1. The number of rotatable bonds is 4. The SMILES string of the molecule is CNc1nc(Nc2ccc(F)c(F)c2)cc(-c2ccccn2)n1. The molecule has 7 heteroatoms. The molecule has 0 saturated carbocycles. The van der Waals surface area contributed by atoms with Crippen molar-refractivity contribution in [3.8, 4) is 11.4 Å². The van der Waals surface area contributed by atoms with E-state index >= 15 is 0 Å². The summed E-state index contributed by atoms with van der Waals surface area (Å²) in [7, 11) is 1.69. The number of nitrogens with one attached hydrogen (secondary N) is 2. The Labute approximate surface area is 131 Å². The minimum Gasteiger partial charge on any atom is -0.357 e. The first-order valence-corrected chi connectivity index (χ1v) is 6.86. The van der Waals surface area contributed by atoms with Gasteiger partial charge in [0.25, 0.3) is 0 Å². The Kier molecular flexibility index (Phi) is 4.09. The average Bonchev–Trinajstić information content (AvgIpc) is 2.58. The van der Waals surface area contributed by atoms with Gasteiger partial charge in [0.05, 0.1) is 11.4 Å². The fraction of sp³-hybridized carbons (Fsp3) is 0.0625. The van der Waals surface area contributed by atoms with Gasteiger partial charge >= 0.3 is 0 Å². The summed E-state index contributed by atoms with van der Waals surface area (Å²) in [5, 5.41) is 5.79. The summed E-state index contributed by atoms with van der Waals surface area (Å²) in [6, 6.07) is 10.7. The van der Waals surface area contributed by atoms with E-state index in [2.05, 4.69) is 25.6 Å². The van der Waals surface area contributed by atoms with Crippen molar-refractivity contribution in [3.05, 3.63) is 60.3 Å². The molecule has 0 amide bonds. The molecule has 2 aromatic heterocycles. The minimum absolute atomic E-state index is 0.386. The third-order valence-electron chi connectivity index (χ3n) is 3.07. The molecule has 0 unspecified atom stereocenters. The molecule has 0 atom stereocenters. The van der Waals surface area contributed by atoms with Crippen LogP contribution < -0.4 is 10.6 Å². The van der Waals surface area contributed by atoms with Crippen LogP contribution in [0.4, 0.5) is 26.2 Å². The fourth-order valence-corrected chi connectivity index (χ4v) is 1.99. The zero-order valence-electron chi connectivity index (χ0n) is 12.2. The zero-order valence-corrected chi connectivity index (χ0v) is 12.2. The maximum absolute atomic E-state index is 13.3. The van der Waals surface area contributed by atoms with Gasteiger partial charge in [-0.25, -0.2) is 13.8 Å². The van der Waals surface area contributed by atoms with E-state index in [0.29, 0.717) is 28.8 Å². The Morgan fingerprint density at radius 1 is 0.913 bits per heavy atom. The normalized spacial score (nSPS) is 10.4. The highest BCUT2D eigenvalue weighted by Crippen LogP contribution is 2.23. The van der Waals surface area contributed by atoms with Gasteiger partial charge < -0.3 is 10.6 Å². The molecule has 0 aliphatic rings. The van der Waals surface area contributed by atoms with Crippen LogP contribution in [0.2, 0.25) is 0 Å². The van der Waals surface area contributed by atoms with Crippen molar-refractivity contribution in [2.24, 2.45) is 0 Å². The number of pyridine rings is 1. The average molecular weight is 313 g/mol. The minimum atomic E-state index is -0.928. The highest BCUT2D eigenvalue weighted by molar-refractivity contribution is 5.65. The molecule has 3 aromatic rings. The summed E-state index contributed by atoms with van der Waals surface area (Å²) in [5.41, 5.74) is 1.67. The van der Waals surface area contributed by atoms with E-state index in [-0.39, 0.29) is 0 Å². The Morgan fingerprint density at radius 3 is 2.48 bits per heavy atom. The molecule has 2 heterocycles. The molecule has 0 aliphatic heterocycles. The number of anilines is 3. The van der Waals surface area contributed by atoms with Crippen LogP contribution in [0.5, 0.6) is 0 Å². The topological polar surface area (TPSA) is 62.7 Å². The smallest absolute Gasteiger partial charge is 0.225 e. The van der Waals surface area contributed by atoms with Crippen LogP contribution in [-0.2, 0) is 0 Å². The molecule has 0 saturated heterocycles. The Hall–Kier alpha value is -3.09. The number of halogens is 2. The van der Waals surface area contributed by atoms with Gasteiger partial charge in [-0.3, -0.25) is 4.98 Å². The van der Waals surface area contributed by atoms with Crippen LogP contribution in [0.1, 0.15) is 0 Å². The number of hydrogen-bond acceptors (Lipinski definition) is 5. The molecule has 2 N–H and O–H groups in total. The summed E-state index contributed by atoms with van der Waals surface area (Å²) in [5.74, 6) is -1.000. The lowest BCUT2D eigenvalue weighted by molar-refractivity contribution is 0.509. The van der Waals surface area contributed by atoms with Gasteiger partial charge in [-0.2, -0.15) is 4.98 Å². The summed E-state index contributed by atoms with van der Waals surface area (Å²) in [6.07, 6.45) is 1.67. The lowest BCUT2D eigenvalue weighted by atomic mass is 10.2. The van der Waals surface area contributed by atoms with Crippen LogP contribution >= 0.6 is 0 Å². The lowest BCUT2D eigenvalue weighted by Crippen LogP contribution is -2.03. The maximum atomic E-state index is 13.3. The molecule has 116 valence electrons. The molecule has 0 spiro atoms.